The fourth-order valence-electron chi connectivity index (χ4n) is 2.55. The predicted molar refractivity (Wildman–Crippen MR) is 92.5 cm³/mol. The molecule has 0 rings (SSSR count). The minimum absolute atomic E-state index is 0.226. The summed E-state index contributed by atoms with van der Waals surface area (Å²) in [6.07, 6.45) is 21.0. The van der Waals surface area contributed by atoms with Gasteiger partial charge >= 0.3 is 0 Å². The Hall–Kier alpha value is -0.340. The molecule has 0 saturated heterocycles. The zero-order valence-corrected chi connectivity index (χ0v) is 14.2. The largest absolute Gasteiger partial charge is 0.396 e. The molecule has 0 bridgehead atoms. The minimum atomic E-state index is -0.226. The quantitative estimate of drug-likeness (QED) is 0.297. The van der Waals surface area contributed by atoms with Gasteiger partial charge in [-0.05, 0) is 25.7 Å². The average Bonchev–Trinajstić information content (AvgIpc) is 2.49. The maximum atomic E-state index is 9.66. The highest BCUT2D eigenvalue weighted by Crippen LogP contribution is 2.11. The lowest BCUT2D eigenvalue weighted by atomic mass is 10.1. The third-order valence-corrected chi connectivity index (χ3v) is 3.99. The molecule has 0 unspecified atom stereocenters. The van der Waals surface area contributed by atoms with Gasteiger partial charge in [-0.25, -0.2) is 0 Å². The Bertz CT molecular complexity index is 214. The third kappa shape index (κ3) is 17.6. The van der Waals surface area contributed by atoms with E-state index in [1.54, 1.807) is 0 Å². The summed E-state index contributed by atoms with van der Waals surface area (Å²) >= 11 is 0. The molecule has 1 atom stereocenters. The number of hydrogen-bond acceptors (Lipinski definition) is 2. The molecule has 2 N–H and O–H groups in total. The van der Waals surface area contributed by atoms with Crippen molar-refractivity contribution >= 4 is 0 Å². The highest BCUT2D eigenvalue weighted by molar-refractivity contribution is 4.88. The summed E-state index contributed by atoms with van der Waals surface area (Å²) in [6.45, 7) is 2.51. The molecule has 0 spiro atoms. The van der Waals surface area contributed by atoms with Crippen molar-refractivity contribution in [1.82, 2.24) is 0 Å². The standard InChI is InChI=1S/C19H38O2/c1-2-3-16-19(21)17-14-12-10-8-6-4-5-7-9-11-13-15-18-20/h14,17,19-21H,2-13,15-16,18H2,1H3/t19-/m1/s1. The highest BCUT2D eigenvalue weighted by Gasteiger charge is 1.96. The topological polar surface area (TPSA) is 40.5 Å². The van der Waals surface area contributed by atoms with Crippen LogP contribution in [0, 0.1) is 0 Å². The van der Waals surface area contributed by atoms with E-state index in [0.29, 0.717) is 6.61 Å². The maximum Gasteiger partial charge on any atom is 0.0720 e. The summed E-state index contributed by atoms with van der Waals surface area (Å²) in [5.41, 5.74) is 0. The number of allylic oxidation sites excluding steroid dienone is 1. The smallest absolute Gasteiger partial charge is 0.0720 e. The van der Waals surface area contributed by atoms with Gasteiger partial charge in [0.15, 0.2) is 0 Å². The molecule has 21 heavy (non-hydrogen) atoms. The average molecular weight is 299 g/mol. The van der Waals surface area contributed by atoms with Gasteiger partial charge in [0.05, 0.1) is 6.10 Å². The Kier molecular flexibility index (Phi) is 17.4. The van der Waals surface area contributed by atoms with Gasteiger partial charge < -0.3 is 10.2 Å². The van der Waals surface area contributed by atoms with Gasteiger partial charge in [-0.15, -0.1) is 0 Å². The summed E-state index contributed by atoms with van der Waals surface area (Å²) in [5.74, 6) is 0. The molecule has 0 amide bonds. The first-order chi connectivity index (χ1) is 10.3. The Labute approximate surface area is 132 Å². The molecule has 0 aliphatic heterocycles. The molecule has 0 fully saturated rings. The summed E-state index contributed by atoms with van der Waals surface area (Å²) < 4.78 is 0. The fourth-order valence-corrected chi connectivity index (χ4v) is 2.55. The van der Waals surface area contributed by atoms with Crippen LogP contribution in [0.3, 0.4) is 0 Å². The molecule has 0 aromatic rings. The van der Waals surface area contributed by atoms with Gasteiger partial charge in [-0.3, -0.25) is 0 Å². The second kappa shape index (κ2) is 17.7. The van der Waals surface area contributed by atoms with E-state index >= 15 is 0 Å². The van der Waals surface area contributed by atoms with Gasteiger partial charge in [-0.2, -0.15) is 0 Å². The molecule has 0 radical (unpaired) electrons. The van der Waals surface area contributed by atoms with E-state index in [-0.39, 0.29) is 6.10 Å². The van der Waals surface area contributed by atoms with Crippen molar-refractivity contribution in [2.75, 3.05) is 6.61 Å². The van der Waals surface area contributed by atoms with Gasteiger partial charge in [0.1, 0.15) is 0 Å². The van der Waals surface area contributed by atoms with E-state index in [0.717, 1.165) is 32.1 Å². The van der Waals surface area contributed by atoms with Gasteiger partial charge in [0.2, 0.25) is 0 Å². The van der Waals surface area contributed by atoms with Crippen molar-refractivity contribution in [3.8, 4) is 0 Å². The van der Waals surface area contributed by atoms with Crippen molar-refractivity contribution in [2.45, 2.75) is 103 Å². The van der Waals surface area contributed by atoms with Crippen molar-refractivity contribution in [3.63, 3.8) is 0 Å². The summed E-state index contributed by atoms with van der Waals surface area (Å²) in [6, 6.07) is 0. The second-order valence-corrected chi connectivity index (χ2v) is 6.19. The summed E-state index contributed by atoms with van der Waals surface area (Å²) in [7, 11) is 0. The first-order valence-electron chi connectivity index (χ1n) is 9.26. The Balaban J connectivity index is 3.13. The number of aliphatic hydroxyl groups excluding tert-OH is 2. The molecule has 0 saturated carbocycles. The van der Waals surface area contributed by atoms with E-state index in [1.165, 1.54) is 57.8 Å². The number of hydrogen-bond donors (Lipinski definition) is 2. The fraction of sp³-hybridized carbons (Fsp3) is 0.895. The molecule has 0 heterocycles. The number of unbranched alkanes of at least 4 members (excludes halogenated alkanes) is 11. The lowest BCUT2D eigenvalue weighted by Gasteiger charge is -2.03. The molecular formula is C19H38O2. The van der Waals surface area contributed by atoms with E-state index in [2.05, 4.69) is 13.0 Å². The highest BCUT2D eigenvalue weighted by atomic mass is 16.3. The molecule has 126 valence electrons. The summed E-state index contributed by atoms with van der Waals surface area (Å²) in [4.78, 5) is 0. The van der Waals surface area contributed by atoms with Crippen LogP contribution in [0.2, 0.25) is 0 Å². The van der Waals surface area contributed by atoms with Crippen molar-refractivity contribution in [3.05, 3.63) is 12.2 Å². The van der Waals surface area contributed by atoms with Crippen LogP contribution >= 0.6 is 0 Å². The van der Waals surface area contributed by atoms with Crippen LogP contribution in [-0.4, -0.2) is 22.9 Å². The minimum Gasteiger partial charge on any atom is -0.396 e. The summed E-state index contributed by atoms with van der Waals surface area (Å²) in [5, 5.41) is 18.3. The SMILES string of the molecule is CCCC[C@@H](O)C=CCCCCCCCCCCCCO. The van der Waals surface area contributed by atoms with Crippen LogP contribution in [0.15, 0.2) is 12.2 Å². The maximum absolute atomic E-state index is 9.66. The molecule has 2 heteroatoms. The predicted octanol–water partition coefficient (Wildman–Crippen LogP) is 5.38. The van der Waals surface area contributed by atoms with Crippen LogP contribution in [-0.2, 0) is 0 Å². The zero-order chi connectivity index (χ0) is 15.6. The third-order valence-electron chi connectivity index (χ3n) is 3.99. The van der Waals surface area contributed by atoms with E-state index in [4.69, 9.17) is 5.11 Å². The van der Waals surface area contributed by atoms with Crippen LogP contribution in [0.1, 0.15) is 96.8 Å². The van der Waals surface area contributed by atoms with Crippen LogP contribution in [0.25, 0.3) is 0 Å². The molecule has 0 aromatic carbocycles. The Morgan fingerprint density at radius 2 is 1.29 bits per heavy atom. The van der Waals surface area contributed by atoms with Crippen LogP contribution < -0.4 is 0 Å². The monoisotopic (exact) mass is 298 g/mol. The van der Waals surface area contributed by atoms with Gasteiger partial charge in [-0.1, -0.05) is 83.3 Å². The number of rotatable bonds is 16. The molecular weight excluding hydrogens is 260 g/mol. The van der Waals surface area contributed by atoms with Crippen molar-refractivity contribution in [1.29, 1.82) is 0 Å². The Morgan fingerprint density at radius 1 is 0.762 bits per heavy atom. The molecule has 0 aliphatic carbocycles. The first kappa shape index (κ1) is 20.7. The Morgan fingerprint density at radius 3 is 1.81 bits per heavy atom. The molecule has 2 nitrogen and oxygen atoms in total. The molecule has 0 aromatic heterocycles. The van der Waals surface area contributed by atoms with E-state index in [9.17, 15) is 5.11 Å². The number of aliphatic hydroxyl groups is 2. The van der Waals surface area contributed by atoms with E-state index < -0.39 is 0 Å². The van der Waals surface area contributed by atoms with Gasteiger partial charge in [0, 0.05) is 6.61 Å². The van der Waals surface area contributed by atoms with Crippen molar-refractivity contribution in [2.24, 2.45) is 0 Å². The lowest BCUT2D eigenvalue weighted by Crippen LogP contribution is -2.00. The van der Waals surface area contributed by atoms with Crippen LogP contribution in [0.5, 0.6) is 0 Å². The first-order valence-corrected chi connectivity index (χ1v) is 9.26. The molecule has 0 aliphatic rings. The van der Waals surface area contributed by atoms with Gasteiger partial charge in [0.25, 0.3) is 0 Å². The van der Waals surface area contributed by atoms with Crippen molar-refractivity contribution < 1.29 is 10.2 Å². The normalized spacial score (nSPS) is 13.1. The second-order valence-electron chi connectivity index (χ2n) is 6.19. The lowest BCUT2D eigenvalue weighted by molar-refractivity contribution is 0.209. The van der Waals surface area contributed by atoms with E-state index in [1.807, 2.05) is 6.08 Å². The van der Waals surface area contributed by atoms with Crippen LogP contribution in [0.4, 0.5) is 0 Å². The zero-order valence-electron chi connectivity index (χ0n) is 14.2.